The molecule has 28 heavy (non-hydrogen) atoms. The van der Waals surface area contributed by atoms with E-state index in [4.69, 9.17) is 4.74 Å². The van der Waals surface area contributed by atoms with Gasteiger partial charge in [-0.05, 0) is 52.9 Å². The van der Waals surface area contributed by atoms with Crippen molar-refractivity contribution in [1.29, 1.82) is 0 Å². The van der Waals surface area contributed by atoms with Gasteiger partial charge in [0, 0.05) is 11.8 Å². The molecule has 0 aliphatic carbocycles. The van der Waals surface area contributed by atoms with Crippen molar-refractivity contribution < 1.29 is 9.53 Å². The van der Waals surface area contributed by atoms with E-state index in [0.717, 1.165) is 11.3 Å². The molecule has 0 saturated heterocycles. The van der Waals surface area contributed by atoms with Gasteiger partial charge in [0.2, 0.25) is 0 Å². The molecule has 0 atom stereocenters. The Morgan fingerprint density at radius 2 is 1.64 bits per heavy atom. The maximum absolute atomic E-state index is 13.2. The molecular weight excluding hydrogens is 348 g/mol. The maximum atomic E-state index is 13.2. The molecule has 0 aliphatic heterocycles. The van der Waals surface area contributed by atoms with Crippen molar-refractivity contribution in [3.8, 4) is 5.75 Å². The lowest BCUT2D eigenvalue weighted by atomic mass is 9.87. The van der Waals surface area contributed by atoms with Gasteiger partial charge >= 0.3 is 0 Å². The smallest absolute Gasteiger partial charge is 0.259 e. The normalized spacial score (nSPS) is 11.1. The minimum absolute atomic E-state index is 0.0954. The molecule has 3 aromatic rings. The summed E-state index contributed by atoms with van der Waals surface area (Å²) in [5.41, 5.74) is 3.01. The minimum Gasteiger partial charge on any atom is -0.497 e. The molecule has 0 unspecified atom stereocenters. The standard InChI is InChI=1S/C24H26N2O2/c1-24(2,3)20-12-8-18(9-13-20)17-26(22-7-5-6-16-25-22)23(27)19-10-14-21(28-4)15-11-19/h5-16H,17H2,1-4H3. The van der Waals surface area contributed by atoms with Crippen LogP contribution in [-0.4, -0.2) is 18.0 Å². The maximum Gasteiger partial charge on any atom is 0.259 e. The number of rotatable bonds is 5. The van der Waals surface area contributed by atoms with Crippen LogP contribution >= 0.6 is 0 Å². The van der Waals surface area contributed by atoms with Gasteiger partial charge in [-0.3, -0.25) is 9.69 Å². The van der Waals surface area contributed by atoms with Crippen molar-refractivity contribution >= 4 is 11.7 Å². The molecule has 1 heterocycles. The predicted molar refractivity (Wildman–Crippen MR) is 113 cm³/mol. The average molecular weight is 374 g/mol. The summed E-state index contributed by atoms with van der Waals surface area (Å²) in [6, 6.07) is 21.1. The molecule has 0 aliphatic rings. The second-order valence-electron chi connectivity index (χ2n) is 7.75. The first-order chi connectivity index (χ1) is 13.4. The Morgan fingerprint density at radius 1 is 0.964 bits per heavy atom. The van der Waals surface area contributed by atoms with Gasteiger partial charge in [-0.1, -0.05) is 51.1 Å². The van der Waals surface area contributed by atoms with Crippen LogP contribution in [0.5, 0.6) is 5.75 Å². The van der Waals surface area contributed by atoms with Crippen LogP contribution in [0.1, 0.15) is 42.3 Å². The number of nitrogens with zero attached hydrogens (tertiary/aromatic N) is 2. The minimum atomic E-state index is -0.0961. The predicted octanol–water partition coefficient (Wildman–Crippen LogP) is 5.23. The molecule has 0 fully saturated rings. The van der Waals surface area contributed by atoms with Gasteiger partial charge in [-0.25, -0.2) is 4.98 Å². The summed E-state index contributed by atoms with van der Waals surface area (Å²) in [7, 11) is 1.61. The molecule has 3 rings (SSSR count). The van der Waals surface area contributed by atoms with E-state index in [0.29, 0.717) is 17.9 Å². The second kappa shape index (κ2) is 8.26. The van der Waals surface area contributed by atoms with E-state index in [1.165, 1.54) is 5.56 Å². The van der Waals surface area contributed by atoms with Gasteiger partial charge in [-0.2, -0.15) is 0 Å². The monoisotopic (exact) mass is 374 g/mol. The Morgan fingerprint density at radius 3 is 2.18 bits per heavy atom. The molecule has 0 radical (unpaired) electrons. The first-order valence-electron chi connectivity index (χ1n) is 9.35. The van der Waals surface area contributed by atoms with E-state index in [9.17, 15) is 4.79 Å². The number of methoxy groups -OCH3 is 1. The van der Waals surface area contributed by atoms with Crippen LogP contribution in [0.4, 0.5) is 5.82 Å². The third kappa shape index (κ3) is 4.58. The van der Waals surface area contributed by atoms with Crippen LogP contribution in [0.15, 0.2) is 72.9 Å². The highest BCUT2D eigenvalue weighted by Crippen LogP contribution is 2.24. The molecule has 1 amide bonds. The number of hydrogen-bond acceptors (Lipinski definition) is 3. The lowest BCUT2D eigenvalue weighted by Crippen LogP contribution is -2.31. The first kappa shape index (κ1) is 19.6. The fourth-order valence-corrected chi connectivity index (χ4v) is 2.95. The number of carbonyl (C=O) groups is 1. The quantitative estimate of drug-likeness (QED) is 0.614. The molecular formula is C24H26N2O2. The van der Waals surface area contributed by atoms with Crippen LogP contribution in [0.3, 0.4) is 0 Å². The molecule has 0 bridgehead atoms. The second-order valence-corrected chi connectivity index (χ2v) is 7.75. The van der Waals surface area contributed by atoms with Crippen LogP contribution in [0, 0.1) is 0 Å². The molecule has 4 nitrogen and oxygen atoms in total. The van der Waals surface area contributed by atoms with Gasteiger partial charge in [-0.15, -0.1) is 0 Å². The summed E-state index contributed by atoms with van der Waals surface area (Å²) in [4.78, 5) is 19.3. The number of ether oxygens (including phenoxy) is 1. The van der Waals surface area contributed by atoms with Crippen LogP contribution in [0.25, 0.3) is 0 Å². The summed E-state index contributed by atoms with van der Waals surface area (Å²) in [6.45, 7) is 7.02. The number of aromatic nitrogens is 1. The third-order valence-corrected chi connectivity index (χ3v) is 4.67. The zero-order valence-corrected chi connectivity index (χ0v) is 16.8. The summed E-state index contributed by atoms with van der Waals surface area (Å²) in [5.74, 6) is 1.25. The Hall–Kier alpha value is -3.14. The van der Waals surface area contributed by atoms with Gasteiger partial charge in [0.1, 0.15) is 11.6 Å². The summed E-state index contributed by atoms with van der Waals surface area (Å²) < 4.78 is 5.19. The van der Waals surface area contributed by atoms with Crippen molar-refractivity contribution in [2.45, 2.75) is 32.7 Å². The van der Waals surface area contributed by atoms with E-state index < -0.39 is 0 Å². The van der Waals surface area contributed by atoms with E-state index in [1.54, 1.807) is 42.5 Å². The molecule has 0 N–H and O–H groups in total. The summed E-state index contributed by atoms with van der Waals surface area (Å²) >= 11 is 0. The largest absolute Gasteiger partial charge is 0.497 e. The molecule has 1 aromatic heterocycles. The lowest BCUT2D eigenvalue weighted by molar-refractivity contribution is 0.0984. The number of anilines is 1. The van der Waals surface area contributed by atoms with Gasteiger partial charge in [0.05, 0.1) is 13.7 Å². The number of pyridine rings is 1. The van der Waals surface area contributed by atoms with E-state index in [2.05, 4.69) is 50.0 Å². The fraction of sp³-hybridized carbons (Fsp3) is 0.250. The average Bonchev–Trinajstić information content (AvgIpc) is 2.72. The Bertz CT molecular complexity index is 912. The Labute approximate surface area is 166 Å². The van der Waals surface area contributed by atoms with Gasteiger partial charge in [0.25, 0.3) is 5.91 Å². The molecule has 4 heteroatoms. The van der Waals surface area contributed by atoms with E-state index in [-0.39, 0.29) is 11.3 Å². The SMILES string of the molecule is COc1ccc(C(=O)N(Cc2ccc(C(C)(C)C)cc2)c2ccccn2)cc1. The highest BCUT2D eigenvalue weighted by Gasteiger charge is 2.20. The highest BCUT2D eigenvalue weighted by atomic mass is 16.5. The van der Waals surface area contributed by atoms with Crippen LogP contribution in [-0.2, 0) is 12.0 Å². The summed E-state index contributed by atoms with van der Waals surface area (Å²) in [6.07, 6.45) is 1.70. The van der Waals surface area contributed by atoms with Crippen molar-refractivity contribution in [2.24, 2.45) is 0 Å². The lowest BCUT2D eigenvalue weighted by Gasteiger charge is -2.23. The van der Waals surface area contributed by atoms with Gasteiger partial charge < -0.3 is 4.74 Å². The molecule has 0 saturated carbocycles. The van der Waals surface area contributed by atoms with E-state index >= 15 is 0 Å². The topological polar surface area (TPSA) is 42.4 Å². The van der Waals surface area contributed by atoms with Crippen LogP contribution in [0.2, 0.25) is 0 Å². The van der Waals surface area contributed by atoms with Crippen molar-refractivity contribution in [3.63, 3.8) is 0 Å². The van der Waals surface area contributed by atoms with E-state index in [1.807, 2.05) is 18.2 Å². The number of amides is 1. The zero-order valence-electron chi connectivity index (χ0n) is 16.8. The Balaban J connectivity index is 1.90. The van der Waals surface area contributed by atoms with Crippen molar-refractivity contribution in [1.82, 2.24) is 4.98 Å². The third-order valence-electron chi connectivity index (χ3n) is 4.67. The molecule has 144 valence electrons. The summed E-state index contributed by atoms with van der Waals surface area (Å²) in [5, 5.41) is 0. The Kier molecular flexibility index (Phi) is 5.78. The van der Waals surface area contributed by atoms with Gasteiger partial charge in [0.15, 0.2) is 0 Å². The first-order valence-corrected chi connectivity index (χ1v) is 9.35. The fourth-order valence-electron chi connectivity index (χ4n) is 2.95. The number of carbonyl (C=O) groups excluding carboxylic acids is 1. The molecule has 2 aromatic carbocycles. The van der Waals surface area contributed by atoms with Crippen molar-refractivity contribution in [3.05, 3.63) is 89.6 Å². The molecule has 0 spiro atoms. The number of benzene rings is 2. The number of hydrogen-bond donors (Lipinski definition) is 0. The highest BCUT2D eigenvalue weighted by molar-refractivity contribution is 6.05. The zero-order chi connectivity index (χ0) is 20.1. The van der Waals surface area contributed by atoms with Crippen molar-refractivity contribution in [2.75, 3.05) is 12.0 Å². The van der Waals surface area contributed by atoms with Crippen LogP contribution < -0.4 is 9.64 Å².